The van der Waals surface area contributed by atoms with Gasteiger partial charge in [0.05, 0.1) is 19.3 Å². The maximum Gasteiger partial charge on any atom is 0.349 e. The maximum atomic E-state index is 12.1. The monoisotopic (exact) mass is 324 g/mol. The number of amides is 1. The number of rotatable bonds is 8. The molecule has 122 valence electrons. The molecule has 1 heterocycles. The average Bonchev–Trinajstić information content (AvgIpc) is 2.96. The van der Waals surface area contributed by atoms with Crippen LogP contribution in [0.4, 0.5) is 0 Å². The predicted molar refractivity (Wildman–Crippen MR) is 87.9 cm³/mol. The molecule has 1 amide bonds. The zero-order valence-electron chi connectivity index (χ0n) is 13.6. The number of nitrogens with zero attached hydrogens (tertiary/aromatic N) is 1. The van der Waals surface area contributed by atoms with Gasteiger partial charge in [0.15, 0.2) is 0 Å². The van der Waals surface area contributed by atoms with Gasteiger partial charge in [-0.2, -0.15) is 0 Å². The highest BCUT2D eigenvalue weighted by Gasteiger charge is 2.16. The van der Waals surface area contributed by atoms with Crippen LogP contribution in [0.15, 0.2) is 17.8 Å². The second-order valence-corrected chi connectivity index (χ2v) is 6.15. The van der Waals surface area contributed by atoms with Crippen LogP contribution in [0.25, 0.3) is 0 Å². The van der Waals surface area contributed by atoms with Crippen molar-refractivity contribution >= 4 is 23.2 Å². The lowest BCUT2D eigenvalue weighted by Crippen LogP contribution is -2.25. The number of aromatic nitrogens is 1. The largest absolute Gasteiger partial charge is 0.465 e. The minimum Gasteiger partial charge on any atom is -0.465 e. The summed E-state index contributed by atoms with van der Waals surface area (Å²) in [5, 5.41) is 3.58. The van der Waals surface area contributed by atoms with E-state index in [0.29, 0.717) is 9.88 Å². The van der Waals surface area contributed by atoms with Crippen LogP contribution in [0.1, 0.15) is 67.2 Å². The molecule has 0 bridgehead atoms. The van der Waals surface area contributed by atoms with Crippen LogP contribution in [0.2, 0.25) is 0 Å². The van der Waals surface area contributed by atoms with Gasteiger partial charge in [-0.1, -0.05) is 32.3 Å². The predicted octanol–water partition coefficient (Wildman–Crippen LogP) is 3.63. The molecule has 0 aliphatic heterocycles. The fourth-order valence-corrected chi connectivity index (χ4v) is 2.94. The first-order valence-corrected chi connectivity index (χ1v) is 8.37. The summed E-state index contributed by atoms with van der Waals surface area (Å²) < 4.78 is 4.65. The molecule has 1 atom stereocenters. The first kappa shape index (κ1) is 18.4. The second-order valence-electron chi connectivity index (χ2n) is 5.09. The van der Waals surface area contributed by atoms with E-state index in [0.717, 1.165) is 25.7 Å². The summed E-state index contributed by atoms with van der Waals surface area (Å²) in [6, 6.07) is -0.239. The quantitative estimate of drug-likeness (QED) is 0.585. The van der Waals surface area contributed by atoms with E-state index in [9.17, 15) is 9.59 Å². The van der Waals surface area contributed by atoms with Crippen molar-refractivity contribution in [1.82, 2.24) is 10.3 Å². The van der Waals surface area contributed by atoms with Crippen LogP contribution in [-0.4, -0.2) is 24.0 Å². The summed E-state index contributed by atoms with van der Waals surface area (Å²) in [4.78, 5) is 28.1. The Morgan fingerprint density at radius 3 is 2.55 bits per heavy atom. The Kier molecular flexibility index (Phi) is 7.80. The standard InChI is InChI=1S/C16H24N2O3S/c1-5-7-12(8-6-2)9-14(19)18-11(3)15-17-10-13(22-15)16(20)21-4/h9-11H,5-8H2,1-4H3,(H,18,19). The number of ether oxygens (including phenoxy) is 1. The summed E-state index contributed by atoms with van der Waals surface area (Å²) in [7, 11) is 1.33. The van der Waals surface area contributed by atoms with Crippen LogP contribution >= 0.6 is 11.3 Å². The van der Waals surface area contributed by atoms with Crippen molar-refractivity contribution in [2.75, 3.05) is 7.11 Å². The normalized spacial score (nSPS) is 11.6. The van der Waals surface area contributed by atoms with E-state index in [-0.39, 0.29) is 11.9 Å². The molecule has 6 heteroatoms. The van der Waals surface area contributed by atoms with Gasteiger partial charge in [-0.25, -0.2) is 9.78 Å². The molecule has 22 heavy (non-hydrogen) atoms. The topological polar surface area (TPSA) is 68.3 Å². The van der Waals surface area contributed by atoms with Gasteiger partial charge in [0.25, 0.3) is 0 Å². The van der Waals surface area contributed by atoms with Gasteiger partial charge < -0.3 is 10.1 Å². The molecule has 1 rings (SSSR count). The number of thiazole rings is 1. The van der Waals surface area contributed by atoms with E-state index in [1.54, 1.807) is 6.08 Å². The molecule has 0 fully saturated rings. The van der Waals surface area contributed by atoms with Gasteiger partial charge in [0.1, 0.15) is 9.88 Å². The van der Waals surface area contributed by atoms with E-state index < -0.39 is 5.97 Å². The van der Waals surface area contributed by atoms with E-state index in [1.807, 2.05) is 6.92 Å². The Morgan fingerprint density at radius 1 is 1.36 bits per heavy atom. The lowest BCUT2D eigenvalue weighted by Gasteiger charge is -2.10. The van der Waals surface area contributed by atoms with Crippen molar-refractivity contribution in [1.29, 1.82) is 0 Å². The fourth-order valence-electron chi connectivity index (χ4n) is 2.10. The molecule has 5 nitrogen and oxygen atoms in total. The summed E-state index contributed by atoms with van der Waals surface area (Å²) in [5.74, 6) is -0.519. The smallest absolute Gasteiger partial charge is 0.349 e. The molecule has 1 aromatic rings. The van der Waals surface area contributed by atoms with Crippen LogP contribution < -0.4 is 5.32 Å². The third-order valence-corrected chi connectivity index (χ3v) is 4.28. The molecular weight excluding hydrogens is 300 g/mol. The average molecular weight is 324 g/mol. The Morgan fingerprint density at radius 2 is 2.00 bits per heavy atom. The van der Waals surface area contributed by atoms with Gasteiger partial charge in [-0.15, -0.1) is 11.3 Å². The van der Waals surface area contributed by atoms with Crippen molar-refractivity contribution in [2.45, 2.75) is 52.5 Å². The third-order valence-electron chi connectivity index (χ3n) is 3.12. The molecule has 0 aromatic carbocycles. The number of hydrogen-bond acceptors (Lipinski definition) is 5. The Labute approximate surface area is 135 Å². The lowest BCUT2D eigenvalue weighted by atomic mass is 10.1. The van der Waals surface area contributed by atoms with Gasteiger partial charge >= 0.3 is 5.97 Å². The maximum absolute atomic E-state index is 12.1. The van der Waals surface area contributed by atoms with E-state index >= 15 is 0 Å². The van der Waals surface area contributed by atoms with Crippen molar-refractivity contribution in [3.05, 3.63) is 27.7 Å². The third kappa shape index (κ3) is 5.60. The van der Waals surface area contributed by atoms with Gasteiger partial charge in [-0.05, 0) is 19.8 Å². The van der Waals surface area contributed by atoms with E-state index in [2.05, 4.69) is 28.9 Å². The molecule has 0 spiro atoms. The van der Waals surface area contributed by atoms with Crippen molar-refractivity contribution in [3.63, 3.8) is 0 Å². The van der Waals surface area contributed by atoms with Gasteiger partial charge in [0, 0.05) is 6.08 Å². The van der Waals surface area contributed by atoms with Crippen LogP contribution in [0.3, 0.4) is 0 Å². The van der Waals surface area contributed by atoms with Crippen molar-refractivity contribution in [2.24, 2.45) is 0 Å². The SMILES string of the molecule is CCCC(=CC(=O)NC(C)c1ncc(C(=O)OC)s1)CCC. The van der Waals surface area contributed by atoms with Gasteiger partial charge in [0.2, 0.25) is 5.91 Å². The van der Waals surface area contributed by atoms with Crippen LogP contribution in [0.5, 0.6) is 0 Å². The summed E-state index contributed by atoms with van der Waals surface area (Å²) in [6.45, 7) is 6.06. The summed E-state index contributed by atoms with van der Waals surface area (Å²) >= 11 is 1.23. The molecule has 0 saturated carbocycles. The van der Waals surface area contributed by atoms with Crippen molar-refractivity contribution in [3.8, 4) is 0 Å². The summed E-state index contributed by atoms with van der Waals surface area (Å²) in [5.41, 5.74) is 1.17. The molecular formula is C16H24N2O3S. The zero-order valence-corrected chi connectivity index (χ0v) is 14.5. The van der Waals surface area contributed by atoms with Gasteiger partial charge in [-0.3, -0.25) is 4.79 Å². The lowest BCUT2D eigenvalue weighted by molar-refractivity contribution is -0.117. The number of nitrogens with one attached hydrogen (secondary N) is 1. The number of allylic oxidation sites excluding steroid dienone is 1. The number of hydrogen-bond donors (Lipinski definition) is 1. The minimum atomic E-state index is -0.407. The second kappa shape index (κ2) is 9.35. The van der Waals surface area contributed by atoms with E-state index in [4.69, 9.17) is 0 Å². The number of methoxy groups -OCH3 is 1. The molecule has 0 aliphatic carbocycles. The molecule has 1 unspecified atom stereocenters. The molecule has 0 saturated heterocycles. The molecule has 0 aliphatic rings. The highest BCUT2D eigenvalue weighted by Crippen LogP contribution is 2.20. The number of esters is 1. The van der Waals surface area contributed by atoms with Crippen LogP contribution in [-0.2, 0) is 9.53 Å². The molecule has 1 N–H and O–H groups in total. The Balaban J connectivity index is 2.68. The highest BCUT2D eigenvalue weighted by atomic mass is 32.1. The number of carbonyl (C=O) groups excluding carboxylic acids is 2. The van der Waals surface area contributed by atoms with E-state index in [1.165, 1.54) is 30.2 Å². The fraction of sp³-hybridized carbons (Fsp3) is 0.562. The van der Waals surface area contributed by atoms with Crippen LogP contribution in [0, 0.1) is 0 Å². The first-order chi connectivity index (χ1) is 10.5. The number of carbonyl (C=O) groups is 2. The first-order valence-electron chi connectivity index (χ1n) is 7.55. The molecule has 0 radical (unpaired) electrons. The zero-order chi connectivity index (χ0) is 16.5. The Hall–Kier alpha value is -1.69. The summed E-state index contributed by atoms with van der Waals surface area (Å²) in [6.07, 6.45) is 7.12. The molecule has 1 aromatic heterocycles. The minimum absolute atomic E-state index is 0.112. The van der Waals surface area contributed by atoms with Crippen molar-refractivity contribution < 1.29 is 14.3 Å². The Bertz CT molecular complexity index is 529. The highest BCUT2D eigenvalue weighted by molar-refractivity contribution is 7.13.